The summed E-state index contributed by atoms with van der Waals surface area (Å²) in [5.74, 6) is -1.14. The average Bonchev–Trinajstić information content (AvgIpc) is 3.04. The maximum Gasteiger partial charge on any atom is 0.342 e. The molecule has 3 saturated heterocycles. The largest absolute Gasteiger partial charge is 0.497 e. The third-order valence-corrected chi connectivity index (χ3v) is 5.39. The number of carbonyl (C=O) groups is 1. The Bertz CT molecular complexity index is 841. The smallest absolute Gasteiger partial charge is 0.342 e. The maximum absolute atomic E-state index is 12.8. The van der Waals surface area contributed by atoms with Crippen LogP contribution < -0.4 is 4.74 Å². The second kappa shape index (κ2) is 7.53. The summed E-state index contributed by atoms with van der Waals surface area (Å²) in [6.45, 7) is 7.65. The van der Waals surface area contributed by atoms with Gasteiger partial charge in [0.2, 0.25) is 0 Å². The van der Waals surface area contributed by atoms with Gasteiger partial charge in [0.15, 0.2) is 17.7 Å². The molecule has 8 nitrogen and oxygen atoms in total. The van der Waals surface area contributed by atoms with Gasteiger partial charge in [-0.1, -0.05) is 12.1 Å². The Morgan fingerprint density at radius 1 is 0.967 bits per heavy atom. The minimum atomic E-state index is -0.869. The monoisotopic (exact) mass is 420 g/mol. The van der Waals surface area contributed by atoms with Crippen LogP contribution in [0.1, 0.15) is 33.3 Å². The SMILES string of the molecule is COC(=O)/C(=C1/O[C@@H]2COC(C)(C)O[C@H]2[C@@H]2OC(C)(C)O[C@H]12)c1ccc(OC)cc1. The number of hydrogen-bond donors (Lipinski definition) is 0. The third kappa shape index (κ3) is 3.80. The van der Waals surface area contributed by atoms with E-state index >= 15 is 0 Å². The summed E-state index contributed by atoms with van der Waals surface area (Å²) >= 11 is 0. The van der Waals surface area contributed by atoms with Crippen molar-refractivity contribution < 1.29 is 38.0 Å². The Kier molecular flexibility index (Phi) is 5.30. The van der Waals surface area contributed by atoms with Crippen LogP contribution in [0, 0.1) is 0 Å². The van der Waals surface area contributed by atoms with Crippen molar-refractivity contribution in [1.82, 2.24) is 0 Å². The predicted molar refractivity (Wildman–Crippen MR) is 106 cm³/mol. The lowest BCUT2D eigenvalue weighted by atomic mass is 9.92. The Balaban J connectivity index is 1.81. The average molecular weight is 420 g/mol. The van der Waals surface area contributed by atoms with Crippen LogP contribution in [0.25, 0.3) is 5.57 Å². The Labute approximate surface area is 176 Å². The molecular formula is C22H28O8. The van der Waals surface area contributed by atoms with E-state index in [4.69, 9.17) is 33.2 Å². The molecule has 164 valence electrons. The van der Waals surface area contributed by atoms with E-state index in [1.165, 1.54) is 7.11 Å². The minimum absolute atomic E-state index is 0.278. The van der Waals surface area contributed by atoms with Crippen molar-refractivity contribution in [3.05, 3.63) is 35.6 Å². The molecule has 0 unspecified atom stereocenters. The lowest BCUT2D eigenvalue weighted by Gasteiger charge is -2.47. The van der Waals surface area contributed by atoms with Gasteiger partial charge < -0.3 is 33.2 Å². The van der Waals surface area contributed by atoms with Gasteiger partial charge in [-0.3, -0.25) is 0 Å². The zero-order chi connectivity index (χ0) is 21.7. The van der Waals surface area contributed by atoms with E-state index in [0.717, 1.165) is 0 Å². The number of rotatable bonds is 3. The zero-order valence-electron chi connectivity index (χ0n) is 18.1. The first-order chi connectivity index (χ1) is 14.1. The van der Waals surface area contributed by atoms with Gasteiger partial charge in [0, 0.05) is 0 Å². The van der Waals surface area contributed by atoms with E-state index in [1.807, 2.05) is 27.7 Å². The second-order valence-electron chi connectivity index (χ2n) is 8.43. The molecular weight excluding hydrogens is 392 g/mol. The summed E-state index contributed by atoms with van der Waals surface area (Å²) < 4.78 is 40.9. The number of carbonyl (C=O) groups excluding carboxylic acids is 1. The number of benzene rings is 1. The summed E-state index contributed by atoms with van der Waals surface area (Å²) in [6, 6.07) is 7.10. The fraction of sp³-hybridized carbons (Fsp3) is 0.591. The highest BCUT2D eigenvalue weighted by Gasteiger charge is 2.58. The van der Waals surface area contributed by atoms with Crippen LogP contribution in [0.5, 0.6) is 5.75 Å². The number of esters is 1. The molecule has 1 aromatic rings. The summed E-state index contributed by atoms with van der Waals surface area (Å²) in [4.78, 5) is 12.8. The van der Waals surface area contributed by atoms with Crippen molar-refractivity contribution in [3.8, 4) is 5.75 Å². The predicted octanol–water partition coefficient (Wildman–Crippen LogP) is 2.65. The summed E-state index contributed by atoms with van der Waals surface area (Å²) in [5.41, 5.74) is 0.904. The summed E-state index contributed by atoms with van der Waals surface area (Å²) in [5, 5.41) is 0. The zero-order valence-corrected chi connectivity index (χ0v) is 18.1. The van der Waals surface area contributed by atoms with Crippen molar-refractivity contribution >= 4 is 11.5 Å². The van der Waals surface area contributed by atoms with E-state index in [1.54, 1.807) is 31.4 Å². The molecule has 3 fully saturated rings. The molecule has 3 aliphatic heterocycles. The lowest BCUT2D eigenvalue weighted by Crippen LogP contribution is -2.60. The number of fused-ring (bicyclic) bond motifs is 3. The van der Waals surface area contributed by atoms with Crippen molar-refractivity contribution in [2.24, 2.45) is 0 Å². The minimum Gasteiger partial charge on any atom is -0.497 e. The molecule has 8 heteroatoms. The van der Waals surface area contributed by atoms with E-state index in [9.17, 15) is 4.79 Å². The molecule has 4 atom stereocenters. The lowest BCUT2D eigenvalue weighted by molar-refractivity contribution is -0.331. The highest BCUT2D eigenvalue weighted by molar-refractivity contribution is 6.17. The van der Waals surface area contributed by atoms with E-state index in [0.29, 0.717) is 23.7 Å². The van der Waals surface area contributed by atoms with Crippen molar-refractivity contribution in [3.63, 3.8) is 0 Å². The fourth-order valence-electron chi connectivity index (χ4n) is 4.08. The molecule has 0 spiro atoms. The van der Waals surface area contributed by atoms with Crippen LogP contribution in [0.3, 0.4) is 0 Å². The molecule has 0 radical (unpaired) electrons. The van der Waals surface area contributed by atoms with Crippen molar-refractivity contribution in [2.75, 3.05) is 20.8 Å². The Hall–Kier alpha value is -2.13. The van der Waals surface area contributed by atoms with Gasteiger partial charge >= 0.3 is 5.97 Å². The number of methoxy groups -OCH3 is 2. The first-order valence-corrected chi connectivity index (χ1v) is 9.95. The van der Waals surface area contributed by atoms with Gasteiger partial charge in [0.05, 0.1) is 20.8 Å². The number of ether oxygens (including phenoxy) is 7. The van der Waals surface area contributed by atoms with E-state index in [-0.39, 0.29) is 5.57 Å². The van der Waals surface area contributed by atoms with Crippen molar-refractivity contribution in [2.45, 2.75) is 63.7 Å². The van der Waals surface area contributed by atoms with Crippen LogP contribution in [0.15, 0.2) is 30.0 Å². The Morgan fingerprint density at radius 3 is 2.27 bits per heavy atom. The third-order valence-electron chi connectivity index (χ3n) is 5.39. The van der Waals surface area contributed by atoms with Crippen LogP contribution in [0.4, 0.5) is 0 Å². The fourth-order valence-corrected chi connectivity index (χ4v) is 4.08. The van der Waals surface area contributed by atoms with Gasteiger partial charge in [-0.05, 0) is 45.4 Å². The maximum atomic E-state index is 12.8. The molecule has 1 aromatic carbocycles. The standard InChI is InChI=1S/C22H28O8/c1-21(2)26-11-14-16(28-21)18-19(30-22(3,4)29-18)17(27-14)15(20(23)25-6)12-7-9-13(24-5)10-8-12/h7-10,14,16,18-19H,11H2,1-6H3/b17-15+/t14-,16-,18+,19-/m1/s1. The van der Waals surface area contributed by atoms with Crippen molar-refractivity contribution in [1.29, 1.82) is 0 Å². The van der Waals surface area contributed by atoms with Gasteiger partial charge in [-0.15, -0.1) is 0 Å². The second-order valence-corrected chi connectivity index (χ2v) is 8.43. The summed E-state index contributed by atoms with van der Waals surface area (Å²) in [7, 11) is 2.92. The van der Waals surface area contributed by atoms with Gasteiger partial charge in [0.25, 0.3) is 0 Å². The van der Waals surface area contributed by atoms with E-state index < -0.39 is 42.0 Å². The molecule has 3 heterocycles. The molecule has 0 aliphatic carbocycles. The molecule has 30 heavy (non-hydrogen) atoms. The van der Waals surface area contributed by atoms with Crippen LogP contribution in [-0.2, 0) is 33.2 Å². The first kappa shape index (κ1) is 21.1. The molecule has 0 aromatic heterocycles. The topological polar surface area (TPSA) is 81.7 Å². The molecule has 0 N–H and O–H groups in total. The number of hydrogen-bond acceptors (Lipinski definition) is 8. The van der Waals surface area contributed by atoms with Crippen LogP contribution in [0.2, 0.25) is 0 Å². The Morgan fingerprint density at radius 2 is 1.63 bits per heavy atom. The van der Waals surface area contributed by atoms with Crippen LogP contribution >= 0.6 is 0 Å². The normalized spacial score (nSPS) is 33.0. The highest BCUT2D eigenvalue weighted by atomic mass is 16.8. The van der Waals surface area contributed by atoms with E-state index in [2.05, 4.69) is 0 Å². The van der Waals surface area contributed by atoms with Gasteiger partial charge in [-0.2, -0.15) is 0 Å². The highest BCUT2D eigenvalue weighted by Crippen LogP contribution is 2.45. The van der Waals surface area contributed by atoms with Crippen LogP contribution in [-0.4, -0.2) is 62.8 Å². The summed E-state index contributed by atoms with van der Waals surface area (Å²) in [6.07, 6.45) is -1.95. The molecule has 4 rings (SSSR count). The quantitative estimate of drug-likeness (QED) is 0.545. The van der Waals surface area contributed by atoms with Gasteiger partial charge in [0.1, 0.15) is 35.4 Å². The molecule has 0 amide bonds. The molecule has 0 bridgehead atoms. The first-order valence-electron chi connectivity index (χ1n) is 9.95. The molecule has 3 aliphatic rings. The molecule has 0 saturated carbocycles. The van der Waals surface area contributed by atoms with Gasteiger partial charge in [-0.25, -0.2) is 4.79 Å².